The number of esters is 1. The molecule has 6 nitrogen and oxygen atoms in total. The van der Waals surface area contributed by atoms with E-state index < -0.39 is 5.92 Å². The first-order chi connectivity index (χ1) is 12.5. The predicted molar refractivity (Wildman–Crippen MR) is 92.8 cm³/mol. The van der Waals surface area contributed by atoms with Gasteiger partial charge in [0.1, 0.15) is 5.82 Å². The summed E-state index contributed by atoms with van der Waals surface area (Å²) in [6.07, 6.45) is 1.34. The van der Waals surface area contributed by atoms with Crippen LogP contribution in [0.15, 0.2) is 24.3 Å². The molecule has 0 bridgehead atoms. The van der Waals surface area contributed by atoms with Crippen LogP contribution in [0.1, 0.15) is 26.2 Å². The van der Waals surface area contributed by atoms with Crippen LogP contribution in [-0.2, 0) is 19.1 Å². The number of rotatable bonds is 4. The van der Waals surface area contributed by atoms with E-state index in [9.17, 15) is 18.8 Å². The van der Waals surface area contributed by atoms with E-state index in [-0.39, 0.29) is 35.9 Å². The molecule has 0 aromatic heterocycles. The number of likely N-dealkylation sites (tertiary alicyclic amines) is 1. The molecule has 0 saturated carbocycles. The molecular formula is C19H23FN2O4. The van der Waals surface area contributed by atoms with Crippen molar-refractivity contribution in [2.45, 2.75) is 26.2 Å². The first-order valence-corrected chi connectivity index (χ1v) is 9.01. The van der Waals surface area contributed by atoms with Crippen molar-refractivity contribution >= 4 is 23.5 Å². The maximum Gasteiger partial charge on any atom is 0.309 e. The summed E-state index contributed by atoms with van der Waals surface area (Å²) in [5.74, 6) is -1.29. The maximum absolute atomic E-state index is 13.1. The molecule has 2 saturated heterocycles. The largest absolute Gasteiger partial charge is 0.466 e. The van der Waals surface area contributed by atoms with E-state index in [1.165, 1.54) is 17.0 Å². The molecule has 0 N–H and O–H groups in total. The van der Waals surface area contributed by atoms with Crippen LogP contribution >= 0.6 is 0 Å². The lowest BCUT2D eigenvalue weighted by Crippen LogP contribution is -2.44. The number of hydrogen-bond donors (Lipinski definition) is 0. The average molecular weight is 362 g/mol. The number of ether oxygens (including phenoxy) is 1. The Balaban J connectivity index is 1.57. The van der Waals surface area contributed by atoms with Crippen LogP contribution in [0.5, 0.6) is 0 Å². The van der Waals surface area contributed by atoms with Gasteiger partial charge < -0.3 is 14.5 Å². The molecule has 2 aliphatic rings. The minimum atomic E-state index is -0.397. The number of anilines is 1. The van der Waals surface area contributed by atoms with Crippen LogP contribution in [-0.4, -0.2) is 48.9 Å². The van der Waals surface area contributed by atoms with Crippen molar-refractivity contribution in [2.75, 3.05) is 31.1 Å². The van der Waals surface area contributed by atoms with E-state index in [2.05, 4.69) is 0 Å². The molecule has 2 heterocycles. The van der Waals surface area contributed by atoms with Crippen molar-refractivity contribution in [2.24, 2.45) is 11.8 Å². The number of halogens is 1. The Morgan fingerprint density at radius 2 is 1.81 bits per heavy atom. The molecule has 0 aliphatic carbocycles. The zero-order chi connectivity index (χ0) is 18.7. The fourth-order valence-corrected chi connectivity index (χ4v) is 3.60. The average Bonchev–Trinajstić information content (AvgIpc) is 3.04. The number of carbonyl (C=O) groups excluding carboxylic acids is 3. The van der Waals surface area contributed by atoms with Crippen molar-refractivity contribution in [3.8, 4) is 0 Å². The summed E-state index contributed by atoms with van der Waals surface area (Å²) in [6.45, 7) is 3.45. The molecule has 1 aromatic rings. The Bertz CT molecular complexity index is 683. The van der Waals surface area contributed by atoms with E-state index in [1.54, 1.807) is 24.0 Å². The first-order valence-electron chi connectivity index (χ1n) is 9.01. The lowest BCUT2D eigenvalue weighted by molar-refractivity contribution is -0.151. The molecule has 3 rings (SSSR count). The number of piperidine rings is 1. The fraction of sp³-hybridized carbons (Fsp3) is 0.526. The SMILES string of the molecule is CCOC(=O)C1CCN(C(=O)C2CC(=O)N(c3ccc(F)cc3)C2)CC1. The summed E-state index contributed by atoms with van der Waals surface area (Å²) in [5.41, 5.74) is 0.604. The van der Waals surface area contributed by atoms with Crippen LogP contribution in [0.25, 0.3) is 0 Å². The summed E-state index contributed by atoms with van der Waals surface area (Å²) in [6, 6.07) is 5.70. The number of hydrogen-bond acceptors (Lipinski definition) is 4. The van der Waals surface area contributed by atoms with Gasteiger partial charge >= 0.3 is 5.97 Å². The van der Waals surface area contributed by atoms with E-state index in [0.717, 1.165) is 0 Å². The van der Waals surface area contributed by atoms with Gasteiger partial charge in [0.25, 0.3) is 0 Å². The van der Waals surface area contributed by atoms with Gasteiger partial charge in [0.15, 0.2) is 0 Å². The summed E-state index contributed by atoms with van der Waals surface area (Å²) in [4.78, 5) is 40.1. The highest BCUT2D eigenvalue weighted by molar-refractivity contribution is 6.00. The molecule has 2 amide bonds. The Kier molecular flexibility index (Phi) is 5.54. The quantitative estimate of drug-likeness (QED) is 0.768. The minimum Gasteiger partial charge on any atom is -0.466 e. The third kappa shape index (κ3) is 3.86. The minimum absolute atomic E-state index is 0.0507. The van der Waals surface area contributed by atoms with Crippen LogP contribution < -0.4 is 4.90 Å². The second kappa shape index (κ2) is 7.85. The van der Waals surface area contributed by atoms with E-state index in [0.29, 0.717) is 44.8 Å². The Morgan fingerprint density at radius 1 is 1.15 bits per heavy atom. The third-order valence-corrected chi connectivity index (χ3v) is 5.04. The predicted octanol–water partition coefficient (Wildman–Crippen LogP) is 1.98. The summed E-state index contributed by atoms with van der Waals surface area (Å²) in [7, 11) is 0. The number of carbonyl (C=O) groups is 3. The van der Waals surface area contributed by atoms with Crippen LogP contribution in [0, 0.1) is 17.7 Å². The second-order valence-corrected chi connectivity index (χ2v) is 6.73. The van der Waals surface area contributed by atoms with Gasteiger partial charge in [-0.25, -0.2) is 4.39 Å². The molecule has 1 atom stereocenters. The van der Waals surface area contributed by atoms with Gasteiger partial charge in [0.2, 0.25) is 11.8 Å². The molecule has 26 heavy (non-hydrogen) atoms. The Hall–Kier alpha value is -2.44. The zero-order valence-corrected chi connectivity index (χ0v) is 14.8. The van der Waals surface area contributed by atoms with Crippen molar-refractivity contribution in [1.29, 1.82) is 0 Å². The highest BCUT2D eigenvalue weighted by atomic mass is 19.1. The van der Waals surface area contributed by atoms with Crippen LogP contribution in [0.2, 0.25) is 0 Å². The monoisotopic (exact) mass is 362 g/mol. The summed E-state index contributed by atoms with van der Waals surface area (Å²) >= 11 is 0. The number of amides is 2. The molecule has 1 aromatic carbocycles. The second-order valence-electron chi connectivity index (χ2n) is 6.73. The van der Waals surface area contributed by atoms with Gasteiger partial charge in [-0.15, -0.1) is 0 Å². The molecule has 0 spiro atoms. The van der Waals surface area contributed by atoms with Gasteiger partial charge in [-0.1, -0.05) is 0 Å². The standard InChI is InChI=1S/C19H23FN2O4/c1-2-26-19(25)13-7-9-21(10-8-13)18(24)14-11-17(23)22(12-14)16-5-3-15(20)4-6-16/h3-6,13-14H,2,7-12H2,1H3. The van der Waals surface area contributed by atoms with Crippen molar-refractivity contribution < 1.29 is 23.5 Å². The lowest BCUT2D eigenvalue weighted by Gasteiger charge is -2.32. The highest BCUT2D eigenvalue weighted by Gasteiger charge is 2.38. The zero-order valence-electron chi connectivity index (χ0n) is 14.8. The van der Waals surface area contributed by atoms with Gasteiger partial charge in [0.05, 0.1) is 18.4 Å². The van der Waals surface area contributed by atoms with Crippen molar-refractivity contribution in [1.82, 2.24) is 4.90 Å². The summed E-state index contributed by atoms with van der Waals surface area (Å²) < 4.78 is 18.1. The van der Waals surface area contributed by atoms with E-state index in [1.807, 2.05) is 0 Å². The Morgan fingerprint density at radius 3 is 2.42 bits per heavy atom. The lowest BCUT2D eigenvalue weighted by atomic mass is 9.95. The molecule has 2 aliphatic heterocycles. The van der Waals surface area contributed by atoms with Gasteiger partial charge in [-0.05, 0) is 44.0 Å². The summed E-state index contributed by atoms with van der Waals surface area (Å²) in [5, 5.41) is 0. The van der Waals surface area contributed by atoms with Gasteiger partial charge in [-0.2, -0.15) is 0 Å². The first kappa shape index (κ1) is 18.4. The van der Waals surface area contributed by atoms with Crippen molar-refractivity contribution in [3.05, 3.63) is 30.1 Å². The van der Waals surface area contributed by atoms with Crippen molar-refractivity contribution in [3.63, 3.8) is 0 Å². The van der Waals surface area contributed by atoms with Crippen LogP contribution in [0.4, 0.5) is 10.1 Å². The highest BCUT2D eigenvalue weighted by Crippen LogP contribution is 2.28. The molecule has 0 radical (unpaired) electrons. The fourth-order valence-electron chi connectivity index (χ4n) is 3.60. The molecule has 140 valence electrons. The smallest absolute Gasteiger partial charge is 0.309 e. The normalized spacial score (nSPS) is 21.2. The number of nitrogens with zero attached hydrogens (tertiary/aromatic N) is 2. The molecule has 2 fully saturated rings. The van der Waals surface area contributed by atoms with Crippen LogP contribution in [0.3, 0.4) is 0 Å². The number of benzene rings is 1. The molecule has 7 heteroatoms. The van der Waals surface area contributed by atoms with Gasteiger partial charge in [-0.3, -0.25) is 14.4 Å². The third-order valence-electron chi connectivity index (χ3n) is 5.04. The molecule has 1 unspecified atom stereocenters. The van der Waals surface area contributed by atoms with E-state index >= 15 is 0 Å². The Labute approximate surface area is 151 Å². The molecular weight excluding hydrogens is 339 g/mol. The maximum atomic E-state index is 13.1. The van der Waals surface area contributed by atoms with E-state index in [4.69, 9.17) is 4.74 Å². The topological polar surface area (TPSA) is 66.9 Å². The van der Waals surface area contributed by atoms with Gasteiger partial charge in [0, 0.05) is 31.7 Å².